The normalized spacial score (nSPS) is 29.9. The third-order valence-electron chi connectivity index (χ3n) is 3.06. The van der Waals surface area contributed by atoms with Crippen molar-refractivity contribution in [1.82, 2.24) is 5.06 Å². The smallest absolute Gasteiger partial charge is 0.290 e. The molecule has 0 aromatic carbocycles. The maximum Gasteiger partial charge on any atom is 0.290 e. The summed E-state index contributed by atoms with van der Waals surface area (Å²) in [5.74, 6) is 0. The first-order valence-electron chi connectivity index (χ1n) is 5.34. The van der Waals surface area contributed by atoms with Gasteiger partial charge in [-0.3, -0.25) is 0 Å². The van der Waals surface area contributed by atoms with Crippen LogP contribution >= 0.6 is 23.2 Å². The molecule has 4 nitrogen and oxygen atoms in total. The Hall–Kier alpha value is -1.36. The Morgan fingerprint density at radius 1 is 1.17 bits per heavy atom. The zero-order valence-corrected chi connectivity index (χ0v) is 10.6. The molecular formula is C12H8Cl2N2O2. The van der Waals surface area contributed by atoms with Gasteiger partial charge in [-0.1, -0.05) is 6.08 Å². The first kappa shape index (κ1) is 11.7. The first-order chi connectivity index (χ1) is 8.61. The molecule has 0 amide bonds. The van der Waals surface area contributed by atoms with Crippen molar-refractivity contribution in [2.24, 2.45) is 0 Å². The van der Waals surface area contributed by atoms with Crippen molar-refractivity contribution in [3.8, 4) is 0 Å². The van der Waals surface area contributed by atoms with E-state index in [1.54, 1.807) is 24.3 Å². The van der Waals surface area contributed by atoms with Crippen molar-refractivity contribution >= 4 is 23.2 Å². The molecule has 0 saturated carbocycles. The van der Waals surface area contributed by atoms with Crippen LogP contribution in [0.4, 0.5) is 0 Å². The summed E-state index contributed by atoms with van der Waals surface area (Å²) in [5.41, 5.74) is 1.72. The minimum atomic E-state index is -0.530. The number of alkyl halides is 2. The predicted octanol–water partition coefficient (Wildman–Crippen LogP) is 2.91. The lowest BCUT2D eigenvalue weighted by atomic mass is 9.88. The Labute approximate surface area is 113 Å². The van der Waals surface area contributed by atoms with E-state index in [1.165, 1.54) is 12.4 Å². The molecule has 0 N–H and O–H groups in total. The van der Waals surface area contributed by atoms with Gasteiger partial charge in [-0.05, 0) is 18.4 Å². The summed E-state index contributed by atoms with van der Waals surface area (Å²) in [6, 6.07) is 0. The van der Waals surface area contributed by atoms with E-state index in [1.807, 2.05) is 0 Å². The molecule has 18 heavy (non-hydrogen) atoms. The Kier molecular flexibility index (Phi) is 2.66. The second-order valence-electron chi connectivity index (χ2n) is 4.08. The minimum Gasteiger partial charge on any atom is -0.754 e. The van der Waals surface area contributed by atoms with Gasteiger partial charge >= 0.3 is 0 Å². The second kappa shape index (κ2) is 4.09. The van der Waals surface area contributed by atoms with Gasteiger partial charge in [-0.25, -0.2) is 0 Å². The molecule has 0 saturated heterocycles. The number of nitroso groups, excluding NO2 is 1. The predicted molar refractivity (Wildman–Crippen MR) is 69.6 cm³/mol. The van der Waals surface area contributed by atoms with E-state index in [4.69, 9.17) is 23.2 Å². The fourth-order valence-corrected chi connectivity index (χ4v) is 2.88. The molecule has 3 aliphatic rings. The fourth-order valence-electron chi connectivity index (χ4n) is 2.25. The van der Waals surface area contributed by atoms with E-state index in [9.17, 15) is 10.1 Å². The van der Waals surface area contributed by atoms with E-state index in [-0.39, 0.29) is 11.4 Å². The molecule has 1 aliphatic carbocycles. The molecule has 6 heteroatoms. The Morgan fingerprint density at radius 2 is 1.83 bits per heavy atom. The fraction of sp³-hybridized carbons (Fsp3) is 0.167. The van der Waals surface area contributed by atoms with Gasteiger partial charge in [0.05, 0.1) is 21.1 Å². The average Bonchev–Trinajstić information content (AvgIpc) is 2.36. The molecule has 2 heterocycles. The Morgan fingerprint density at radius 3 is 2.61 bits per heavy atom. The molecule has 0 radical (unpaired) electrons. The van der Waals surface area contributed by atoms with Gasteiger partial charge in [0.2, 0.25) is 6.20 Å². The number of fused-ring (bicyclic) bond motifs is 2. The summed E-state index contributed by atoms with van der Waals surface area (Å²) < 4.78 is 0.653. The summed E-state index contributed by atoms with van der Waals surface area (Å²) >= 11 is 12.5. The van der Waals surface area contributed by atoms with Crippen LogP contribution in [0.25, 0.3) is 0 Å². The number of hydrogen-bond donors (Lipinski definition) is 0. The van der Waals surface area contributed by atoms with Crippen LogP contribution in [-0.2, 0) is 0 Å². The molecule has 0 aromatic heterocycles. The molecule has 0 aromatic rings. The van der Waals surface area contributed by atoms with Gasteiger partial charge in [0.25, 0.3) is 5.70 Å². The van der Waals surface area contributed by atoms with E-state index < -0.39 is 10.8 Å². The summed E-state index contributed by atoms with van der Waals surface area (Å²) in [6.07, 6.45) is 9.29. The van der Waals surface area contributed by atoms with E-state index in [2.05, 4.69) is 0 Å². The molecule has 2 atom stereocenters. The number of nitrogens with zero attached hydrogens (tertiary/aromatic N) is 2. The van der Waals surface area contributed by atoms with Crippen LogP contribution in [0.5, 0.6) is 0 Å². The summed E-state index contributed by atoms with van der Waals surface area (Å²) in [6.45, 7) is 0. The monoisotopic (exact) mass is 282 g/mol. The van der Waals surface area contributed by atoms with Gasteiger partial charge in [0, 0.05) is 16.6 Å². The largest absolute Gasteiger partial charge is 0.754 e. The van der Waals surface area contributed by atoms with E-state index in [0.29, 0.717) is 21.0 Å². The Balaban J connectivity index is 2.30. The highest BCUT2D eigenvalue weighted by atomic mass is 35.5. The molecule has 92 valence electrons. The van der Waals surface area contributed by atoms with Crippen molar-refractivity contribution < 1.29 is 4.76 Å². The number of allylic oxidation sites excluding steroid dienone is 6. The highest BCUT2D eigenvalue weighted by Crippen LogP contribution is 2.43. The highest BCUT2D eigenvalue weighted by molar-refractivity contribution is 6.33. The number of hydroxylamine groups is 2. The molecular weight excluding hydrogens is 275 g/mol. The molecule has 0 spiro atoms. The zero-order valence-electron chi connectivity index (χ0n) is 9.09. The number of halogens is 2. The van der Waals surface area contributed by atoms with Gasteiger partial charge in [-0.15, -0.1) is 23.2 Å². The van der Waals surface area contributed by atoms with Crippen molar-refractivity contribution in [2.45, 2.75) is 10.8 Å². The van der Waals surface area contributed by atoms with Crippen LogP contribution in [0.15, 0.2) is 59.2 Å². The van der Waals surface area contributed by atoms with Crippen LogP contribution in [0.2, 0.25) is 0 Å². The average molecular weight is 283 g/mol. The molecule has 3 rings (SSSR count). The summed E-state index contributed by atoms with van der Waals surface area (Å²) in [5, 5.41) is 11.5. The third-order valence-corrected chi connectivity index (χ3v) is 4.16. The number of hydrogen-bond acceptors (Lipinski definition) is 3. The maximum absolute atomic E-state index is 11.9. The van der Waals surface area contributed by atoms with Crippen LogP contribution < -0.4 is 0 Å². The number of rotatable bonds is 0. The SMILES string of the molecule is O=[N+]1C=CC=C2C1=C1C(=CC=CN1[O-])[C@@H](Cl)[C@@H]2Cl. The second-order valence-corrected chi connectivity index (χ2v) is 5.02. The Bertz CT molecular complexity index is 587. The zero-order chi connectivity index (χ0) is 12.9. The van der Waals surface area contributed by atoms with E-state index >= 15 is 0 Å². The lowest BCUT2D eigenvalue weighted by molar-refractivity contribution is -0.423. The minimum absolute atomic E-state index is 0.278. The van der Waals surface area contributed by atoms with Crippen LogP contribution in [-0.4, -0.2) is 20.6 Å². The molecule has 0 fully saturated rings. The van der Waals surface area contributed by atoms with Crippen LogP contribution in [0, 0.1) is 10.1 Å². The van der Waals surface area contributed by atoms with Gasteiger partial charge in [-0.2, -0.15) is 0 Å². The lowest BCUT2D eigenvalue weighted by Gasteiger charge is -2.38. The topological polar surface area (TPSA) is 46.4 Å². The van der Waals surface area contributed by atoms with Gasteiger partial charge in [0.15, 0.2) is 0 Å². The van der Waals surface area contributed by atoms with Crippen molar-refractivity contribution in [2.75, 3.05) is 0 Å². The van der Waals surface area contributed by atoms with E-state index in [0.717, 1.165) is 0 Å². The summed E-state index contributed by atoms with van der Waals surface area (Å²) in [4.78, 5) is 11.9. The standard InChI is InChI=1S/C12H8Cl2N2O2/c13-9-7-3-1-5-15(17)11(7)12-8(10(9)14)4-2-6-16(12)18/h1-6,9-10H/t9-,10-/m1/s1. The molecule has 0 bridgehead atoms. The molecule has 2 aliphatic heterocycles. The summed E-state index contributed by atoms with van der Waals surface area (Å²) in [7, 11) is 0. The van der Waals surface area contributed by atoms with Crippen LogP contribution in [0.1, 0.15) is 0 Å². The van der Waals surface area contributed by atoms with Crippen LogP contribution in [0.3, 0.4) is 0 Å². The third kappa shape index (κ3) is 1.50. The maximum atomic E-state index is 11.9. The van der Waals surface area contributed by atoms with Crippen molar-refractivity contribution in [1.29, 1.82) is 0 Å². The van der Waals surface area contributed by atoms with Gasteiger partial charge in [0.1, 0.15) is 5.70 Å². The lowest BCUT2D eigenvalue weighted by Crippen LogP contribution is -2.35. The highest BCUT2D eigenvalue weighted by Gasteiger charge is 2.44. The van der Waals surface area contributed by atoms with Gasteiger partial charge < -0.3 is 10.3 Å². The van der Waals surface area contributed by atoms with Crippen molar-refractivity contribution in [3.05, 3.63) is 69.4 Å². The first-order valence-corrected chi connectivity index (χ1v) is 6.21. The van der Waals surface area contributed by atoms with Crippen molar-refractivity contribution in [3.63, 3.8) is 0 Å². The quantitative estimate of drug-likeness (QED) is 0.507. The molecule has 0 unspecified atom stereocenters.